The average Bonchev–Trinajstić information content (AvgIpc) is 2.35. The minimum Gasteiger partial charge on any atom is -0.493 e. The van der Waals surface area contributed by atoms with Gasteiger partial charge in [-0.25, -0.2) is 0 Å². The van der Waals surface area contributed by atoms with Crippen LogP contribution in [0, 0.1) is 0 Å². The van der Waals surface area contributed by atoms with Gasteiger partial charge in [0.05, 0.1) is 6.61 Å². The van der Waals surface area contributed by atoms with Gasteiger partial charge in [0.15, 0.2) is 0 Å². The molecule has 0 saturated heterocycles. The van der Waals surface area contributed by atoms with Crippen molar-refractivity contribution < 1.29 is 4.74 Å². The topological polar surface area (TPSA) is 21.3 Å². The molecule has 0 aliphatic rings. The molecule has 0 aromatic heterocycles. The molecule has 0 radical (unpaired) electrons. The van der Waals surface area contributed by atoms with Crippen molar-refractivity contribution in [2.24, 2.45) is 0 Å². The highest BCUT2D eigenvalue weighted by Crippen LogP contribution is 2.30. The maximum absolute atomic E-state index is 5.74. The number of nitrogens with one attached hydrogen (secondary N) is 1. The van der Waals surface area contributed by atoms with E-state index in [9.17, 15) is 0 Å². The summed E-state index contributed by atoms with van der Waals surface area (Å²) in [6, 6.07) is 12.4. The number of anilines is 1. The van der Waals surface area contributed by atoms with Crippen molar-refractivity contribution in [3.05, 3.63) is 36.4 Å². The molecule has 2 heteroatoms. The lowest BCUT2D eigenvalue weighted by atomic mass is 10.1. The molecule has 0 aliphatic carbocycles. The maximum atomic E-state index is 5.74. The first-order valence-corrected chi connectivity index (χ1v) is 5.69. The summed E-state index contributed by atoms with van der Waals surface area (Å²) in [4.78, 5) is 0. The molecule has 0 heterocycles. The van der Waals surface area contributed by atoms with Crippen LogP contribution >= 0.6 is 0 Å². The molecule has 0 bridgehead atoms. The highest BCUT2D eigenvalue weighted by atomic mass is 16.5. The van der Waals surface area contributed by atoms with Crippen molar-refractivity contribution in [1.29, 1.82) is 0 Å². The van der Waals surface area contributed by atoms with Crippen LogP contribution in [0.3, 0.4) is 0 Å². The minimum absolute atomic E-state index is 0.767. The largest absolute Gasteiger partial charge is 0.493 e. The molecular weight excluding hydrogens is 198 g/mol. The predicted octanol–water partition coefficient (Wildman–Crippen LogP) is 3.67. The molecule has 1 N–H and O–H groups in total. The van der Waals surface area contributed by atoms with E-state index in [-0.39, 0.29) is 0 Å². The lowest BCUT2D eigenvalue weighted by Gasteiger charge is -2.10. The van der Waals surface area contributed by atoms with E-state index in [1.54, 1.807) is 0 Å². The van der Waals surface area contributed by atoms with Crippen LogP contribution in [0.2, 0.25) is 0 Å². The lowest BCUT2D eigenvalue weighted by Crippen LogP contribution is -1.96. The van der Waals surface area contributed by atoms with Gasteiger partial charge in [0.25, 0.3) is 0 Å². The number of rotatable bonds is 4. The van der Waals surface area contributed by atoms with Gasteiger partial charge in [-0.1, -0.05) is 31.2 Å². The summed E-state index contributed by atoms with van der Waals surface area (Å²) in [5.74, 6) is 0.969. The molecule has 2 aromatic rings. The van der Waals surface area contributed by atoms with Crippen LogP contribution in [0.5, 0.6) is 5.75 Å². The van der Waals surface area contributed by atoms with Crippen LogP contribution in [0.15, 0.2) is 36.4 Å². The molecule has 0 atom stereocenters. The van der Waals surface area contributed by atoms with Gasteiger partial charge < -0.3 is 10.1 Å². The first kappa shape index (κ1) is 10.8. The third-order valence-corrected chi connectivity index (χ3v) is 2.61. The summed E-state index contributed by atoms with van der Waals surface area (Å²) in [5, 5.41) is 5.57. The van der Waals surface area contributed by atoms with Gasteiger partial charge in [0.2, 0.25) is 0 Å². The van der Waals surface area contributed by atoms with Crippen LogP contribution in [-0.2, 0) is 0 Å². The molecule has 0 fully saturated rings. The molecule has 2 aromatic carbocycles. The number of fused-ring (bicyclic) bond motifs is 1. The van der Waals surface area contributed by atoms with Crippen LogP contribution in [-0.4, -0.2) is 13.7 Å². The van der Waals surface area contributed by atoms with Crippen molar-refractivity contribution >= 4 is 16.5 Å². The van der Waals surface area contributed by atoms with Crippen LogP contribution < -0.4 is 10.1 Å². The van der Waals surface area contributed by atoms with Gasteiger partial charge in [-0.05, 0) is 18.6 Å². The first-order chi connectivity index (χ1) is 7.86. The predicted molar refractivity (Wildman–Crippen MR) is 69.3 cm³/mol. The van der Waals surface area contributed by atoms with Crippen LogP contribution in [0.25, 0.3) is 10.8 Å². The Morgan fingerprint density at radius 2 is 1.81 bits per heavy atom. The number of hydrogen-bond donors (Lipinski definition) is 1. The summed E-state index contributed by atoms with van der Waals surface area (Å²) in [6.07, 6.45) is 1.03. The Balaban J connectivity index is 2.51. The molecule has 0 saturated carbocycles. The molecule has 2 nitrogen and oxygen atoms in total. The van der Waals surface area contributed by atoms with E-state index in [4.69, 9.17) is 4.74 Å². The van der Waals surface area contributed by atoms with Gasteiger partial charge in [0.1, 0.15) is 5.75 Å². The zero-order valence-electron chi connectivity index (χ0n) is 9.79. The fraction of sp³-hybridized carbons (Fsp3) is 0.286. The SMILES string of the molecule is CCCOc1cccc2c(NC)cccc12. The summed E-state index contributed by atoms with van der Waals surface area (Å²) in [7, 11) is 1.94. The summed E-state index contributed by atoms with van der Waals surface area (Å²) >= 11 is 0. The Kier molecular flexibility index (Phi) is 3.30. The molecule has 0 unspecified atom stereocenters. The highest BCUT2D eigenvalue weighted by Gasteiger charge is 2.03. The van der Waals surface area contributed by atoms with Crippen molar-refractivity contribution in [3.8, 4) is 5.75 Å². The van der Waals surface area contributed by atoms with Gasteiger partial charge in [-0.2, -0.15) is 0 Å². The Morgan fingerprint density at radius 1 is 1.06 bits per heavy atom. The molecular formula is C14H17NO. The van der Waals surface area contributed by atoms with Gasteiger partial charge in [0, 0.05) is 23.5 Å². The Bertz CT molecular complexity index is 479. The second kappa shape index (κ2) is 4.88. The highest BCUT2D eigenvalue weighted by molar-refractivity contribution is 5.97. The molecule has 0 aliphatic heterocycles. The second-order valence-electron chi connectivity index (χ2n) is 3.76. The Hall–Kier alpha value is -1.70. The van der Waals surface area contributed by atoms with Crippen molar-refractivity contribution in [2.45, 2.75) is 13.3 Å². The third-order valence-electron chi connectivity index (χ3n) is 2.61. The normalized spacial score (nSPS) is 10.4. The van der Waals surface area contributed by atoms with Gasteiger partial charge in [-0.15, -0.1) is 0 Å². The second-order valence-corrected chi connectivity index (χ2v) is 3.76. The Labute approximate surface area is 96.2 Å². The lowest BCUT2D eigenvalue weighted by molar-refractivity contribution is 0.321. The van der Waals surface area contributed by atoms with E-state index in [1.165, 1.54) is 10.8 Å². The molecule has 0 spiro atoms. The summed E-state index contributed by atoms with van der Waals surface area (Å²) in [5.41, 5.74) is 1.14. The van der Waals surface area contributed by atoms with E-state index in [0.717, 1.165) is 24.5 Å². The molecule has 84 valence electrons. The van der Waals surface area contributed by atoms with Crippen LogP contribution in [0.4, 0.5) is 5.69 Å². The number of hydrogen-bond acceptors (Lipinski definition) is 2. The molecule has 2 rings (SSSR count). The zero-order chi connectivity index (χ0) is 11.4. The number of benzene rings is 2. The van der Waals surface area contributed by atoms with E-state index in [1.807, 2.05) is 25.2 Å². The van der Waals surface area contributed by atoms with E-state index in [2.05, 4.69) is 30.4 Å². The standard InChI is InChI=1S/C14H17NO/c1-3-10-16-14-9-5-6-11-12(14)7-4-8-13(11)15-2/h4-9,15H,3,10H2,1-2H3. The smallest absolute Gasteiger partial charge is 0.127 e. The zero-order valence-corrected chi connectivity index (χ0v) is 9.79. The minimum atomic E-state index is 0.767. The van der Waals surface area contributed by atoms with E-state index < -0.39 is 0 Å². The summed E-state index contributed by atoms with van der Waals surface area (Å²) in [6.45, 7) is 2.88. The van der Waals surface area contributed by atoms with Gasteiger partial charge >= 0.3 is 0 Å². The maximum Gasteiger partial charge on any atom is 0.127 e. The van der Waals surface area contributed by atoms with Gasteiger partial charge in [-0.3, -0.25) is 0 Å². The monoisotopic (exact) mass is 215 g/mol. The number of ether oxygens (including phenoxy) is 1. The van der Waals surface area contributed by atoms with E-state index >= 15 is 0 Å². The summed E-state index contributed by atoms with van der Waals surface area (Å²) < 4.78 is 5.74. The van der Waals surface area contributed by atoms with Crippen molar-refractivity contribution in [2.75, 3.05) is 19.0 Å². The Morgan fingerprint density at radius 3 is 2.56 bits per heavy atom. The molecule has 16 heavy (non-hydrogen) atoms. The van der Waals surface area contributed by atoms with Crippen molar-refractivity contribution in [3.63, 3.8) is 0 Å². The quantitative estimate of drug-likeness (QED) is 0.840. The third kappa shape index (κ3) is 1.96. The molecule has 0 amide bonds. The van der Waals surface area contributed by atoms with E-state index in [0.29, 0.717) is 0 Å². The fourth-order valence-corrected chi connectivity index (χ4v) is 1.84. The first-order valence-electron chi connectivity index (χ1n) is 5.69. The van der Waals surface area contributed by atoms with Crippen LogP contribution in [0.1, 0.15) is 13.3 Å². The van der Waals surface area contributed by atoms with Crippen molar-refractivity contribution in [1.82, 2.24) is 0 Å². The fourth-order valence-electron chi connectivity index (χ4n) is 1.84. The average molecular weight is 215 g/mol.